The lowest BCUT2D eigenvalue weighted by atomic mass is 9.88. The molecule has 0 radical (unpaired) electrons. The number of hydrogen-bond donors (Lipinski definition) is 1. The number of nitrogens with one attached hydrogen (secondary N) is 1. The fourth-order valence-corrected chi connectivity index (χ4v) is 4.91. The number of aryl methyl sites for hydroxylation is 2. The van der Waals surface area contributed by atoms with Crippen LogP contribution in [0.15, 0.2) is 42.7 Å². The van der Waals surface area contributed by atoms with Crippen molar-refractivity contribution in [3.8, 4) is 5.75 Å². The molecule has 1 fully saturated rings. The first kappa shape index (κ1) is 22.7. The highest BCUT2D eigenvalue weighted by atomic mass is 16.5. The Hall–Kier alpha value is -2.44. The van der Waals surface area contributed by atoms with Gasteiger partial charge in [-0.05, 0) is 73.1 Å². The van der Waals surface area contributed by atoms with Gasteiger partial charge in [-0.2, -0.15) is 0 Å². The van der Waals surface area contributed by atoms with E-state index in [2.05, 4.69) is 33.4 Å². The van der Waals surface area contributed by atoms with Crippen LogP contribution in [0.1, 0.15) is 36.0 Å². The first-order valence-corrected chi connectivity index (χ1v) is 11.8. The van der Waals surface area contributed by atoms with Crippen LogP contribution in [0, 0.1) is 11.8 Å². The van der Waals surface area contributed by atoms with Crippen molar-refractivity contribution in [2.24, 2.45) is 11.8 Å². The highest BCUT2D eigenvalue weighted by Crippen LogP contribution is 2.28. The summed E-state index contributed by atoms with van der Waals surface area (Å²) in [7, 11) is 1.69. The van der Waals surface area contributed by atoms with Crippen LogP contribution in [-0.4, -0.2) is 55.7 Å². The fraction of sp³-hybridized carbons (Fsp3) is 0.538. The van der Waals surface area contributed by atoms with Crippen LogP contribution in [-0.2, 0) is 28.9 Å². The summed E-state index contributed by atoms with van der Waals surface area (Å²) in [5, 5.41) is 3.10. The zero-order valence-electron chi connectivity index (χ0n) is 19.1. The number of pyridine rings is 1. The van der Waals surface area contributed by atoms with E-state index in [1.54, 1.807) is 7.11 Å². The average Bonchev–Trinajstić information content (AvgIpc) is 3.29. The van der Waals surface area contributed by atoms with Crippen LogP contribution in [0.3, 0.4) is 0 Å². The predicted octanol–water partition coefficient (Wildman–Crippen LogP) is 3.24. The van der Waals surface area contributed by atoms with Gasteiger partial charge in [0.1, 0.15) is 5.75 Å². The van der Waals surface area contributed by atoms with Crippen LogP contribution in [0.25, 0.3) is 0 Å². The normalized spacial score (nSPS) is 20.7. The molecular formula is C26H35N3O3. The smallest absolute Gasteiger partial charge is 0.224 e. The van der Waals surface area contributed by atoms with E-state index in [1.807, 2.05) is 24.5 Å². The molecule has 2 atom stereocenters. The quantitative estimate of drug-likeness (QED) is 0.578. The third kappa shape index (κ3) is 6.30. The minimum Gasteiger partial charge on any atom is -0.493 e. The number of nitrogens with zero attached hydrogens (tertiary/aromatic N) is 2. The first-order chi connectivity index (χ1) is 15.7. The summed E-state index contributed by atoms with van der Waals surface area (Å²) in [6, 6.07) is 10.6. The lowest BCUT2D eigenvalue weighted by Gasteiger charge is -2.37. The average molecular weight is 438 g/mol. The van der Waals surface area contributed by atoms with E-state index in [-0.39, 0.29) is 11.8 Å². The standard InChI is InChI=1S/C26H35N3O3/c1-31-13-3-10-28-26(30)24-14-21(17-29(18-24)16-20-8-11-27-12-9-20)19-32-25-7-6-22-4-2-5-23(22)15-25/h6-9,11-12,15,21,24H,2-5,10,13-14,16-19H2,1H3,(H,28,30)/t21-,24+/m0/s1. The van der Waals surface area contributed by atoms with Gasteiger partial charge in [0.25, 0.3) is 0 Å². The number of benzene rings is 1. The Kier molecular flexibility index (Phi) is 8.13. The minimum atomic E-state index is -0.0262. The Labute approximate surface area is 191 Å². The Morgan fingerprint density at radius 2 is 2.00 bits per heavy atom. The number of piperidine rings is 1. The number of amides is 1. The number of ether oxygens (including phenoxy) is 2. The van der Waals surface area contributed by atoms with Gasteiger partial charge >= 0.3 is 0 Å². The first-order valence-electron chi connectivity index (χ1n) is 11.8. The maximum absolute atomic E-state index is 12.9. The molecule has 1 amide bonds. The summed E-state index contributed by atoms with van der Waals surface area (Å²) in [6.45, 7) is 4.49. The Morgan fingerprint density at radius 3 is 2.84 bits per heavy atom. The third-order valence-corrected chi connectivity index (χ3v) is 6.52. The van der Waals surface area contributed by atoms with Gasteiger partial charge in [0.2, 0.25) is 5.91 Å². The van der Waals surface area contributed by atoms with Crippen molar-refractivity contribution < 1.29 is 14.3 Å². The summed E-state index contributed by atoms with van der Waals surface area (Å²) in [6.07, 6.45) is 8.92. The molecule has 2 aromatic rings. The molecular weight excluding hydrogens is 402 g/mol. The zero-order valence-corrected chi connectivity index (χ0v) is 19.1. The van der Waals surface area contributed by atoms with Crippen molar-refractivity contribution in [1.29, 1.82) is 0 Å². The number of hydrogen-bond acceptors (Lipinski definition) is 5. The molecule has 2 heterocycles. The molecule has 32 heavy (non-hydrogen) atoms. The van der Waals surface area contributed by atoms with Gasteiger partial charge in [-0.3, -0.25) is 14.7 Å². The van der Waals surface area contributed by atoms with E-state index in [0.29, 0.717) is 25.7 Å². The Balaban J connectivity index is 1.37. The van der Waals surface area contributed by atoms with E-state index < -0.39 is 0 Å². The number of likely N-dealkylation sites (tertiary alicyclic amines) is 1. The van der Waals surface area contributed by atoms with Crippen LogP contribution < -0.4 is 10.1 Å². The van der Waals surface area contributed by atoms with Gasteiger partial charge in [-0.1, -0.05) is 6.07 Å². The largest absolute Gasteiger partial charge is 0.493 e. The van der Waals surface area contributed by atoms with E-state index in [4.69, 9.17) is 9.47 Å². The molecule has 0 saturated carbocycles. The van der Waals surface area contributed by atoms with Gasteiger partial charge in [-0.15, -0.1) is 0 Å². The molecule has 1 N–H and O–H groups in total. The molecule has 1 aliphatic carbocycles. The SMILES string of the molecule is COCCCNC(=O)[C@@H]1C[C@H](COc2ccc3c(c2)CCC3)CN(Cc2ccncc2)C1. The molecule has 1 aromatic heterocycles. The van der Waals surface area contributed by atoms with E-state index >= 15 is 0 Å². The van der Waals surface area contributed by atoms with Crippen molar-refractivity contribution in [3.05, 3.63) is 59.4 Å². The molecule has 4 rings (SSSR count). The second kappa shape index (κ2) is 11.4. The predicted molar refractivity (Wildman–Crippen MR) is 125 cm³/mol. The second-order valence-corrected chi connectivity index (χ2v) is 9.08. The highest BCUT2D eigenvalue weighted by Gasteiger charge is 2.32. The topological polar surface area (TPSA) is 63.7 Å². The van der Waals surface area contributed by atoms with Gasteiger partial charge in [0.15, 0.2) is 0 Å². The van der Waals surface area contributed by atoms with Crippen LogP contribution in [0.2, 0.25) is 0 Å². The van der Waals surface area contributed by atoms with Gasteiger partial charge < -0.3 is 14.8 Å². The van der Waals surface area contributed by atoms with Gasteiger partial charge in [0, 0.05) is 58.2 Å². The second-order valence-electron chi connectivity index (χ2n) is 9.08. The number of aromatic nitrogens is 1. The number of carbonyl (C=O) groups excluding carboxylic acids is 1. The molecule has 6 heteroatoms. The van der Waals surface area contributed by atoms with Crippen LogP contribution in [0.4, 0.5) is 0 Å². The fourth-order valence-electron chi connectivity index (χ4n) is 4.91. The molecule has 0 bridgehead atoms. The molecule has 6 nitrogen and oxygen atoms in total. The lowest BCUT2D eigenvalue weighted by molar-refractivity contribution is -0.127. The highest BCUT2D eigenvalue weighted by molar-refractivity contribution is 5.79. The molecule has 0 spiro atoms. The lowest BCUT2D eigenvalue weighted by Crippen LogP contribution is -2.47. The molecule has 2 aliphatic rings. The van der Waals surface area contributed by atoms with E-state index in [9.17, 15) is 4.79 Å². The van der Waals surface area contributed by atoms with Crippen molar-refractivity contribution in [2.75, 3.05) is 40.0 Å². The maximum atomic E-state index is 12.9. The molecule has 1 aromatic carbocycles. The molecule has 0 unspecified atom stereocenters. The van der Waals surface area contributed by atoms with Gasteiger partial charge in [-0.25, -0.2) is 0 Å². The summed E-state index contributed by atoms with van der Waals surface area (Å²) in [5.74, 6) is 1.39. The molecule has 1 aliphatic heterocycles. The van der Waals surface area contributed by atoms with Crippen LogP contribution in [0.5, 0.6) is 5.75 Å². The number of carbonyl (C=O) groups is 1. The third-order valence-electron chi connectivity index (χ3n) is 6.52. The Bertz CT molecular complexity index is 874. The van der Waals surface area contributed by atoms with Crippen molar-refractivity contribution >= 4 is 5.91 Å². The van der Waals surface area contributed by atoms with Crippen molar-refractivity contribution in [3.63, 3.8) is 0 Å². The van der Waals surface area contributed by atoms with Crippen molar-refractivity contribution in [2.45, 2.75) is 38.6 Å². The summed E-state index contributed by atoms with van der Waals surface area (Å²) < 4.78 is 11.3. The van der Waals surface area contributed by atoms with Crippen molar-refractivity contribution in [1.82, 2.24) is 15.2 Å². The van der Waals surface area contributed by atoms with E-state index in [0.717, 1.165) is 44.6 Å². The molecule has 1 saturated heterocycles. The molecule has 172 valence electrons. The number of rotatable bonds is 10. The van der Waals surface area contributed by atoms with Crippen LogP contribution >= 0.6 is 0 Å². The monoisotopic (exact) mass is 437 g/mol. The summed E-state index contributed by atoms with van der Waals surface area (Å²) >= 11 is 0. The van der Waals surface area contributed by atoms with E-state index in [1.165, 1.54) is 29.5 Å². The number of fused-ring (bicyclic) bond motifs is 1. The number of methoxy groups -OCH3 is 1. The minimum absolute atomic E-state index is 0.0262. The zero-order chi connectivity index (χ0) is 22.2. The Morgan fingerprint density at radius 1 is 1.16 bits per heavy atom. The van der Waals surface area contributed by atoms with Gasteiger partial charge in [0.05, 0.1) is 12.5 Å². The maximum Gasteiger partial charge on any atom is 0.224 e. The summed E-state index contributed by atoms with van der Waals surface area (Å²) in [4.78, 5) is 19.4. The summed E-state index contributed by atoms with van der Waals surface area (Å²) in [5.41, 5.74) is 4.11.